The van der Waals surface area contributed by atoms with Crippen LogP contribution in [0.15, 0.2) is 91.4 Å². The highest BCUT2D eigenvalue weighted by molar-refractivity contribution is 6.00. The van der Waals surface area contributed by atoms with Crippen LogP contribution in [-0.2, 0) is 6.42 Å². The number of pyridine rings is 1. The lowest BCUT2D eigenvalue weighted by Gasteiger charge is -2.22. The van der Waals surface area contributed by atoms with E-state index in [4.69, 9.17) is 15.9 Å². The zero-order valence-electron chi connectivity index (χ0n) is 20.2. The summed E-state index contributed by atoms with van der Waals surface area (Å²) in [6, 6.07) is 22.7. The Morgan fingerprint density at radius 3 is 2.62 bits per heavy atom. The summed E-state index contributed by atoms with van der Waals surface area (Å²) in [7, 11) is 1.52. The fraction of sp³-hybridized carbons (Fsp3) is 0.100. The van der Waals surface area contributed by atoms with Crippen LogP contribution < -0.4 is 10.5 Å². The number of nitrogens with two attached hydrogens (primary N) is 1. The Kier molecular flexibility index (Phi) is 6.43. The van der Waals surface area contributed by atoms with Gasteiger partial charge in [-0.1, -0.05) is 42.5 Å². The van der Waals surface area contributed by atoms with E-state index in [-0.39, 0.29) is 17.3 Å². The molecule has 2 aromatic heterocycles. The molecular formula is C30H26N4O3. The first-order chi connectivity index (χ1) is 18.0. The van der Waals surface area contributed by atoms with Crippen molar-refractivity contribution in [2.24, 2.45) is 5.73 Å². The molecule has 37 heavy (non-hydrogen) atoms. The Labute approximate surface area is 214 Å². The molecule has 5 aromatic rings. The number of ether oxygens (including phenoxy) is 1. The van der Waals surface area contributed by atoms with Crippen molar-refractivity contribution in [3.63, 3.8) is 0 Å². The lowest BCUT2D eigenvalue weighted by Crippen LogP contribution is -2.10. The zero-order valence-corrected chi connectivity index (χ0v) is 20.2. The van der Waals surface area contributed by atoms with Crippen LogP contribution >= 0.6 is 0 Å². The number of hydrogen-bond donors (Lipinski definition) is 4. The molecule has 2 heterocycles. The Hall–Kier alpha value is -4.91. The van der Waals surface area contributed by atoms with E-state index in [1.54, 1.807) is 24.4 Å². The van der Waals surface area contributed by atoms with Crippen LogP contribution in [0.1, 0.15) is 38.5 Å². The van der Waals surface area contributed by atoms with Gasteiger partial charge < -0.3 is 20.6 Å². The first-order valence-electron chi connectivity index (χ1n) is 11.8. The lowest BCUT2D eigenvalue weighted by molar-refractivity contribution is 0.0697. The molecule has 184 valence electrons. The Morgan fingerprint density at radius 2 is 1.89 bits per heavy atom. The number of nitrogens with zero attached hydrogens (tertiary/aromatic N) is 1. The minimum atomic E-state index is -1.02. The summed E-state index contributed by atoms with van der Waals surface area (Å²) in [6.07, 6.45) is 6.25. The molecule has 0 radical (unpaired) electrons. The Morgan fingerprint density at radius 1 is 1.05 bits per heavy atom. The van der Waals surface area contributed by atoms with Crippen molar-refractivity contribution in [1.29, 1.82) is 5.41 Å². The fourth-order valence-electron chi connectivity index (χ4n) is 4.85. The number of aromatic amines is 1. The summed E-state index contributed by atoms with van der Waals surface area (Å²) >= 11 is 0. The number of hydrogen-bond acceptors (Lipinski definition) is 4. The number of carboxylic acids is 1. The third kappa shape index (κ3) is 4.67. The second kappa shape index (κ2) is 9.99. The minimum absolute atomic E-state index is 0.0102. The minimum Gasteiger partial charge on any atom is -0.497 e. The fourth-order valence-corrected chi connectivity index (χ4v) is 4.85. The van der Waals surface area contributed by atoms with Gasteiger partial charge >= 0.3 is 5.97 Å². The molecule has 3 aromatic carbocycles. The van der Waals surface area contributed by atoms with Gasteiger partial charge in [0.1, 0.15) is 11.6 Å². The Balaban J connectivity index is 1.72. The molecule has 0 aliphatic rings. The number of nitrogens with one attached hydrogen (secondary N) is 2. The molecule has 0 fully saturated rings. The number of nitrogen functional groups attached to an aromatic ring is 1. The molecule has 5 rings (SSSR count). The molecule has 0 amide bonds. The molecule has 0 saturated carbocycles. The van der Waals surface area contributed by atoms with Gasteiger partial charge in [0.15, 0.2) is 0 Å². The molecule has 7 heteroatoms. The van der Waals surface area contributed by atoms with Crippen molar-refractivity contribution < 1.29 is 14.6 Å². The number of aromatic carboxylic acids is 1. The first-order valence-corrected chi connectivity index (χ1v) is 11.8. The van der Waals surface area contributed by atoms with Crippen LogP contribution in [0, 0.1) is 5.41 Å². The number of H-pyrrole nitrogens is 1. The summed E-state index contributed by atoms with van der Waals surface area (Å²) in [5.74, 6) is -0.628. The van der Waals surface area contributed by atoms with E-state index in [2.05, 4.69) is 16.0 Å². The van der Waals surface area contributed by atoms with E-state index in [1.165, 1.54) is 7.11 Å². The molecule has 0 spiro atoms. The summed E-state index contributed by atoms with van der Waals surface area (Å²) in [5, 5.41) is 18.8. The number of rotatable bonds is 8. The molecule has 0 saturated heterocycles. The number of amidine groups is 1. The second-order valence-corrected chi connectivity index (χ2v) is 8.84. The number of carboxylic acid groups (broad SMARTS) is 1. The first kappa shape index (κ1) is 23.8. The molecule has 5 N–H and O–H groups in total. The van der Waals surface area contributed by atoms with Gasteiger partial charge in [-0.05, 0) is 64.6 Å². The smallest absolute Gasteiger partial charge is 0.336 e. The van der Waals surface area contributed by atoms with Crippen molar-refractivity contribution in [1.82, 2.24) is 9.97 Å². The van der Waals surface area contributed by atoms with E-state index in [9.17, 15) is 9.90 Å². The van der Waals surface area contributed by atoms with Crippen LogP contribution in [0.3, 0.4) is 0 Å². The van der Waals surface area contributed by atoms with Gasteiger partial charge in [-0.3, -0.25) is 10.4 Å². The van der Waals surface area contributed by atoms with Crippen molar-refractivity contribution in [2.75, 3.05) is 7.11 Å². The highest BCUT2D eigenvalue weighted by Crippen LogP contribution is 2.40. The number of methoxy groups -OCH3 is 1. The molecule has 0 aliphatic carbocycles. The van der Waals surface area contributed by atoms with E-state index >= 15 is 0 Å². The normalized spacial score (nSPS) is 11.8. The van der Waals surface area contributed by atoms with Gasteiger partial charge in [0, 0.05) is 41.0 Å². The lowest BCUT2D eigenvalue weighted by atomic mass is 9.81. The second-order valence-electron chi connectivity index (χ2n) is 8.84. The highest BCUT2D eigenvalue weighted by atomic mass is 16.5. The molecular weight excluding hydrogens is 464 g/mol. The van der Waals surface area contributed by atoms with Crippen LogP contribution in [0.25, 0.3) is 22.0 Å². The topological polar surface area (TPSA) is 125 Å². The summed E-state index contributed by atoms with van der Waals surface area (Å²) < 4.78 is 5.29. The SMILES string of the molecule is COc1ccc(-c2ccccc2C(Cc2cccnc2)c2c[nH]c3cc(C(=N)N)ccc23)c(C(=O)O)c1. The van der Waals surface area contributed by atoms with Crippen molar-refractivity contribution in [2.45, 2.75) is 12.3 Å². The van der Waals surface area contributed by atoms with Crippen molar-refractivity contribution in [3.8, 4) is 16.9 Å². The van der Waals surface area contributed by atoms with Gasteiger partial charge in [0.25, 0.3) is 0 Å². The van der Waals surface area contributed by atoms with Gasteiger partial charge in [0.2, 0.25) is 0 Å². The maximum absolute atomic E-state index is 12.2. The Bertz CT molecular complexity index is 1610. The highest BCUT2D eigenvalue weighted by Gasteiger charge is 2.24. The summed E-state index contributed by atoms with van der Waals surface area (Å²) in [6.45, 7) is 0. The quantitative estimate of drug-likeness (QED) is 0.167. The third-order valence-corrected chi connectivity index (χ3v) is 6.65. The summed E-state index contributed by atoms with van der Waals surface area (Å²) in [5.41, 5.74) is 12.0. The van der Waals surface area contributed by atoms with E-state index in [0.717, 1.165) is 33.2 Å². The molecule has 1 atom stereocenters. The monoisotopic (exact) mass is 490 g/mol. The largest absolute Gasteiger partial charge is 0.497 e. The van der Waals surface area contributed by atoms with Crippen LogP contribution in [-0.4, -0.2) is 34.0 Å². The number of benzene rings is 3. The maximum Gasteiger partial charge on any atom is 0.336 e. The van der Waals surface area contributed by atoms with E-state index < -0.39 is 5.97 Å². The number of aromatic nitrogens is 2. The van der Waals surface area contributed by atoms with E-state index in [0.29, 0.717) is 23.3 Å². The van der Waals surface area contributed by atoms with Crippen LogP contribution in [0.5, 0.6) is 5.75 Å². The third-order valence-electron chi connectivity index (χ3n) is 6.65. The van der Waals surface area contributed by atoms with Gasteiger partial charge in [-0.15, -0.1) is 0 Å². The molecule has 7 nitrogen and oxygen atoms in total. The van der Waals surface area contributed by atoms with E-state index in [1.807, 2.05) is 60.9 Å². The average Bonchev–Trinajstić information content (AvgIpc) is 3.35. The van der Waals surface area contributed by atoms with Crippen LogP contribution in [0.2, 0.25) is 0 Å². The maximum atomic E-state index is 12.2. The van der Waals surface area contributed by atoms with Gasteiger partial charge in [0.05, 0.1) is 12.7 Å². The number of carbonyl (C=O) groups is 1. The van der Waals surface area contributed by atoms with Gasteiger partial charge in [-0.2, -0.15) is 0 Å². The molecule has 0 bridgehead atoms. The molecule has 0 aliphatic heterocycles. The van der Waals surface area contributed by atoms with Crippen LogP contribution in [0.4, 0.5) is 0 Å². The van der Waals surface area contributed by atoms with Crippen molar-refractivity contribution in [3.05, 3.63) is 119 Å². The predicted molar refractivity (Wildman–Crippen MR) is 144 cm³/mol. The standard InChI is InChI=1S/C30H26N4O3/c1-37-20-9-11-23(26(15-20)30(35)36)21-6-2-3-7-22(21)25(13-18-5-4-12-33-16-18)27-17-34-28-14-19(29(31)32)8-10-24(27)28/h2-12,14-17,25,34H,13H2,1H3,(H3,31,32)(H,35,36). The van der Waals surface area contributed by atoms with Crippen molar-refractivity contribution >= 4 is 22.7 Å². The molecule has 1 unspecified atom stereocenters. The summed E-state index contributed by atoms with van der Waals surface area (Å²) in [4.78, 5) is 19.9. The zero-order chi connectivity index (χ0) is 25.9. The number of fused-ring (bicyclic) bond motifs is 1. The van der Waals surface area contributed by atoms with Gasteiger partial charge in [-0.25, -0.2) is 4.79 Å². The average molecular weight is 491 g/mol. The predicted octanol–water partition coefficient (Wildman–Crippen LogP) is 5.60.